The van der Waals surface area contributed by atoms with Gasteiger partial charge in [0.1, 0.15) is 11.5 Å². The van der Waals surface area contributed by atoms with Crippen molar-refractivity contribution in [2.75, 3.05) is 10.0 Å². The summed E-state index contributed by atoms with van der Waals surface area (Å²) in [5.74, 6) is -1.81. The van der Waals surface area contributed by atoms with Crippen LogP contribution in [0.2, 0.25) is 0 Å². The number of rotatable bonds is 5. The van der Waals surface area contributed by atoms with Gasteiger partial charge in [0.15, 0.2) is 0 Å². The first-order valence-electron chi connectivity index (χ1n) is 8.47. The van der Waals surface area contributed by atoms with E-state index < -0.39 is 32.5 Å². The van der Waals surface area contributed by atoms with E-state index in [1.807, 2.05) is 0 Å². The molecule has 0 saturated heterocycles. The molecule has 2 heterocycles. The van der Waals surface area contributed by atoms with Crippen molar-refractivity contribution in [3.8, 4) is 0 Å². The van der Waals surface area contributed by atoms with Crippen LogP contribution in [0, 0.1) is 11.6 Å². The maximum Gasteiger partial charge on any atom is 0.289 e. The number of nitrogens with zero attached hydrogens (tertiary/aromatic N) is 1. The normalized spacial score (nSPS) is 16.3. The number of pyridine rings is 1. The lowest BCUT2D eigenvalue weighted by atomic mass is 10.2. The Kier molecular flexibility index (Phi) is 4.50. The fourth-order valence-corrected chi connectivity index (χ4v) is 4.96. The van der Waals surface area contributed by atoms with Crippen LogP contribution in [0.1, 0.15) is 25.0 Å². The van der Waals surface area contributed by atoms with Gasteiger partial charge in [-0.3, -0.25) is 9.52 Å². The van der Waals surface area contributed by atoms with Crippen LogP contribution >= 0.6 is 15.9 Å². The van der Waals surface area contributed by atoms with Gasteiger partial charge in [-0.15, -0.1) is 0 Å². The predicted molar refractivity (Wildman–Crippen MR) is 102 cm³/mol. The number of nitrogens with one attached hydrogen (secondary N) is 2. The van der Waals surface area contributed by atoms with Gasteiger partial charge in [0.05, 0.1) is 16.6 Å². The largest absolute Gasteiger partial charge is 0.349 e. The van der Waals surface area contributed by atoms with Crippen LogP contribution in [-0.4, -0.2) is 18.2 Å². The first kappa shape index (κ1) is 18.4. The quantitative estimate of drug-likeness (QED) is 0.716. The lowest BCUT2D eigenvalue weighted by molar-refractivity contribution is 0.581. The second-order valence-electron chi connectivity index (χ2n) is 6.67. The van der Waals surface area contributed by atoms with Gasteiger partial charge in [0, 0.05) is 16.7 Å². The molecule has 1 saturated carbocycles. The summed E-state index contributed by atoms with van der Waals surface area (Å²) in [4.78, 5) is 12.3. The molecule has 6 nitrogen and oxygen atoms in total. The first-order valence-corrected chi connectivity index (χ1v) is 10.8. The summed E-state index contributed by atoms with van der Waals surface area (Å²) < 4.78 is 58.1. The highest BCUT2D eigenvalue weighted by Gasteiger charge is 2.38. The zero-order chi connectivity index (χ0) is 19.3. The van der Waals surface area contributed by atoms with E-state index in [-0.39, 0.29) is 17.1 Å². The highest BCUT2D eigenvalue weighted by atomic mass is 79.9. The Morgan fingerprint density at radius 3 is 2.59 bits per heavy atom. The fourth-order valence-electron chi connectivity index (χ4n) is 3.19. The van der Waals surface area contributed by atoms with E-state index in [1.54, 1.807) is 6.07 Å². The highest BCUT2D eigenvalue weighted by molar-refractivity contribution is 9.10. The van der Waals surface area contributed by atoms with Crippen molar-refractivity contribution < 1.29 is 17.2 Å². The van der Waals surface area contributed by atoms with E-state index in [4.69, 9.17) is 0 Å². The van der Waals surface area contributed by atoms with Crippen LogP contribution < -0.4 is 15.6 Å². The van der Waals surface area contributed by atoms with Gasteiger partial charge in [0.2, 0.25) is 15.8 Å². The molecule has 1 aliphatic carbocycles. The lowest BCUT2D eigenvalue weighted by Crippen LogP contribution is -2.28. The van der Waals surface area contributed by atoms with Crippen molar-refractivity contribution in [1.82, 2.24) is 4.57 Å². The number of benzene rings is 1. The second kappa shape index (κ2) is 6.59. The molecule has 2 aliphatic rings. The molecule has 1 aliphatic heterocycles. The minimum absolute atomic E-state index is 0.0150. The lowest BCUT2D eigenvalue weighted by Gasteiger charge is -2.19. The van der Waals surface area contributed by atoms with Crippen LogP contribution in [0.15, 0.2) is 27.5 Å². The highest BCUT2D eigenvalue weighted by Crippen LogP contribution is 2.37. The summed E-state index contributed by atoms with van der Waals surface area (Å²) in [7, 11) is -3.70. The summed E-state index contributed by atoms with van der Waals surface area (Å²) in [5, 5.41) is 2.06. The number of halogens is 3. The van der Waals surface area contributed by atoms with Crippen molar-refractivity contribution in [2.24, 2.45) is 0 Å². The number of aromatic nitrogens is 1. The van der Waals surface area contributed by atoms with Gasteiger partial charge in [-0.1, -0.05) is 15.9 Å². The molecule has 4 rings (SSSR count). The van der Waals surface area contributed by atoms with Crippen LogP contribution in [-0.2, 0) is 23.0 Å². The second-order valence-corrected chi connectivity index (χ2v) is 9.54. The average Bonchev–Trinajstić information content (AvgIpc) is 3.36. The smallest absolute Gasteiger partial charge is 0.289 e. The van der Waals surface area contributed by atoms with Crippen molar-refractivity contribution in [2.45, 2.75) is 37.5 Å². The Balaban J connectivity index is 1.86. The third kappa shape index (κ3) is 3.36. The summed E-state index contributed by atoms with van der Waals surface area (Å²) in [6.45, 7) is 0.316. The molecule has 0 spiro atoms. The Morgan fingerprint density at radius 2 is 1.93 bits per heavy atom. The molecule has 2 aromatic rings. The summed E-state index contributed by atoms with van der Waals surface area (Å²) >= 11 is 3.14. The SMILES string of the molecule is O=c1c(F)c(Nc2ccc(Br)cc2F)c(NS(=O)(=O)C2CC2)c2n1CCC2. The number of fused-ring (bicyclic) bond motifs is 1. The molecule has 0 radical (unpaired) electrons. The van der Waals surface area contributed by atoms with Gasteiger partial charge in [0.25, 0.3) is 5.56 Å². The number of hydrogen-bond donors (Lipinski definition) is 2. The molecule has 0 atom stereocenters. The zero-order valence-corrected chi connectivity index (χ0v) is 16.5. The first-order chi connectivity index (χ1) is 12.8. The number of hydrogen-bond acceptors (Lipinski definition) is 4. The van der Waals surface area contributed by atoms with Crippen LogP contribution in [0.25, 0.3) is 0 Å². The van der Waals surface area contributed by atoms with Gasteiger partial charge < -0.3 is 9.88 Å². The van der Waals surface area contributed by atoms with E-state index in [1.165, 1.54) is 16.7 Å². The van der Waals surface area contributed by atoms with Gasteiger partial charge in [-0.05, 0) is 43.9 Å². The molecule has 0 bridgehead atoms. The van der Waals surface area contributed by atoms with Crippen molar-refractivity contribution in [1.29, 1.82) is 0 Å². The maximum absolute atomic E-state index is 14.8. The van der Waals surface area contributed by atoms with Crippen LogP contribution in [0.5, 0.6) is 0 Å². The molecule has 144 valence electrons. The molecule has 10 heteroatoms. The van der Waals surface area contributed by atoms with Gasteiger partial charge >= 0.3 is 0 Å². The third-order valence-corrected chi connectivity index (χ3v) is 7.04. The topological polar surface area (TPSA) is 80.2 Å². The Bertz CT molecular complexity index is 1100. The van der Waals surface area contributed by atoms with E-state index in [2.05, 4.69) is 26.0 Å². The molecular formula is C17H16BrF2N3O3S. The number of sulfonamides is 1. The summed E-state index contributed by atoms with van der Waals surface area (Å²) in [6, 6.07) is 4.12. The summed E-state index contributed by atoms with van der Waals surface area (Å²) in [6.07, 6.45) is 2.10. The Morgan fingerprint density at radius 1 is 1.19 bits per heavy atom. The maximum atomic E-state index is 14.8. The van der Waals surface area contributed by atoms with E-state index in [0.29, 0.717) is 42.4 Å². The third-order valence-electron chi connectivity index (χ3n) is 4.71. The van der Waals surface area contributed by atoms with Crippen molar-refractivity contribution in [3.05, 3.63) is 50.4 Å². The monoisotopic (exact) mass is 459 g/mol. The zero-order valence-electron chi connectivity index (χ0n) is 14.1. The Labute approximate surface area is 162 Å². The summed E-state index contributed by atoms with van der Waals surface area (Å²) in [5.41, 5.74) is -0.869. The Hall–Kier alpha value is -1.94. The fraction of sp³-hybridized carbons (Fsp3) is 0.353. The van der Waals surface area contributed by atoms with Crippen LogP contribution in [0.3, 0.4) is 0 Å². The van der Waals surface area contributed by atoms with E-state index >= 15 is 0 Å². The van der Waals surface area contributed by atoms with Crippen molar-refractivity contribution >= 4 is 43.0 Å². The number of anilines is 3. The molecule has 1 aromatic heterocycles. The van der Waals surface area contributed by atoms with Gasteiger partial charge in [-0.25, -0.2) is 12.8 Å². The standard InChI is InChI=1S/C17H16BrF2N3O3S/c18-9-3-6-12(11(19)8-9)21-16-14(20)17(24)23-7-1-2-13(23)15(16)22-27(25,26)10-4-5-10/h3,6,8,10,21-22H,1-2,4-5,7H2. The molecule has 1 fully saturated rings. The van der Waals surface area contributed by atoms with E-state index in [0.717, 1.165) is 0 Å². The van der Waals surface area contributed by atoms with Crippen LogP contribution in [0.4, 0.5) is 25.8 Å². The molecule has 27 heavy (non-hydrogen) atoms. The average molecular weight is 460 g/mol. The molecule has 0 amide bonds. The van der Waals surface area contributed by atoms with Gasteiger partial charge in [-0.2, -0.15) is 4.39 Å². The minimum Gasteiger partial charge on any atom is -0.349 e. The predicted octanol–water partition coefficient (Wildman–Crippen LogP) is 3.48. The molecule has 1 aromatic carbocycles. The van der Waals surface area contributed by atoms with Crippen molar-refractivity contribution in [3.63, 3.8) is 0 Å². The van der Waals surface area contributed by atoms with E-state index in [9.17, 15) is 22.0 Å². The minimum atomic E-state index is -3.70. The molecular weight excluding hydrogens is 444 g/mol. The molecule has 2 N–H and O–H groups in total. The molecule has 0 unspecified atom stereocenters.